The van der Waals surface area contributed by atoms with E-state index >= 15 is 0 Å². The molecule has 1 heterocycles. The highest BCUT2D eigenvalue weighted by atomic mass is 19.1. The van der Waals surface area contributed by atoms with Crippen LogP contribution in [0, 0.1) is 5.82 Å². The third-order valence-electron chi connectivity index (χ3n) is 2.63. The maximum Gasteiger partial charge on any atom is 0.138 e. The van der Waals surface area contributed by atoms with Crippen LogP contribution in [0.4, 0.5) is 4.39 Å². The van der Waals surface area contributed by atoms with Crippen molar-refractivity contribution in [2.75, 3.05) is 0 Å². The van der Waals surface area contributed by atoms with Crippen LogP contribution in [0.3, 0.4) is 0 Å². The van der Waals surface area contributed by atoms with Crippen LogP contribution < -0.4 is 0 Å². The summed E-state index contributed by atoms with van der Waals surface area (Å²) >= 11 is 0. The van der Waals surface area contributed by atoms with Crippen LogP contribution >= 0.6 is 0 Å². The lowest BCUT2D eigenvalue weighted by Crippen LogP contribution is -2.09. The van der Waals surface area contributed by atoms with E-state index in [4.69, 9.17) is 0 Å². The zero-order chi connectivity index (χ0) is 12.3. The Morgan fingerprint density at radius 1 is 1.35 bits per heavy atom. The summed E-state index contributed by atoms with van der Waals surface area (Å²) in [5.74, 6) is 0.419. The zero-order valence-corrected chi connectivity index (χ0v) is 9.55. The van der Waals surface area contributed by atoms with Gasteiger partial charge in [-0.2, -0.15) is 5.10 Å². The van der Waals surface area contributed by atoms with E-state index in [0.29, 0.717) is 18.5 Å². The normalized spacial score (nSPS) is 12.6. The van der Waals surface area contributed by atoms with Crippen molar-refractivity contribution in [3.05, 3.63) is 47.8 Å². The SMILES string of the molecule is CCn1ncnc1CC(O)c1ccc(F)cc1. The van der Waals surface area contributed by atoms with Gasteiger partial charge >= 0.3 is 0 Å². The summed E-state index contributed by atoms with van der Waals surface area (Å²) in [5, 5.41) is 14.0. The van der Waals surface area contributed by atoms with Gasteiger partial charge in [0.2, 0.25) is 0 Å². The molecule has 0 aliphatic carbocycles. The molecule has 0 amide bonds. The second-order valence-corrected chi connectivity index (χ2v) is 3.76. The summed E-state index contributed by atoms with van der Waals surface area (Å²) in [6.45, 7) is 2.67. The fourth-order valence-corrected chi connectivity index (χ4v) is 1.69. The number of halogens is 1. The van der Waals surface area contributed by atoms with Crippen LogP contribution in [0.2, 0.25) is 0 Å². The van der Waals surface area contributed by atoms with Crippen LogP contribution in [0.5, 0.6) is 0 Å². The molecule has 0 saturated carbocycles. The van der Waals surface area contributed by atoms with Gasteiger partial charge in [-0.1, -0.05) is 12.1 Å². The van der Waals surface area contributed by atoms with Crippen LogP contribution in [0.1, 0.15) is 24.4 Å². The lowest BCUT2D eigenvalue weighted by Gasteiger charge is -2.10. The number of hydrogen-bond donors (Lipinski definition) is 1. The van der Waals surface area contributed by atoms with Gasteiger partial charge in [0.1, 0.15) is 18.0 Å². The summed E-state index contributed by atoms with van der Waals surface area (Å²) in [4.78, 5) is 4.09. The Labute approximate surface area is 98.7 Å². The summed E-state index contributed by atoms with van der Waals surface area (Å²) in [7, 11) is 0. The topological polar surface area (TPSA) is 50.9 Å². The van der Waals surface area contributed by atoms with Crippen LogP contribution in [0.25, 0.3) is 0 Å². The van der Waals surface area contributed by atoms with Gasteiger partial charge in [-0.05, 0) is 24.6 Å². The highest BCUT2D eigenvalue weighted by Crippen LogP contribution is 2.17. The number of benzene rings is 1. The van der Waals surface area contributed by atoms with E-state index in [2.05, 4.69) is 10.1 Å². The number of nitrogens with zero attached hydrogens (tertiary/aromatic N) is 3. The minimum absolute atomic E-state index is 0.308. The Hall–Kier alpha value is -1.75. The molecule has 0 fully saturated rings. The van der Waals surface area contributed by atoms with E-state index in [-0.39, 0.29) is 5.82 Å². The highest BCUT2D eigenvalue weighted by molar-refractivity contribution is 5.19. The van der Waals surface area contributed by atoms with Gasteiger partial charge in [-0.25, -0.2) is 9.37 Å². The molecule has 90 valence electrons. The minimum atomic E-state index is -0.690. The van der Waals surface area contributed by atoms with Crippen molar-refractivity contribution in [1.29, 1.82) is 0 Å². The van der Waals surface area contributed by atoms with Gasteiger partial charge in [0.25, 0.3) is 0 Å². The molecule has 0 aliphatic heterocycles. The molecule has 5 heteroatoms. The molecule has 2 rings (SSSR count). The Bertz CT molecular complexity index is 481. The van der Waals surface area contributed by atoms with E-state index in [9.17, 15) is 9.50 Å². The Morgan fingerprint density at radius 3 is 2.71 bits per heavy atom. The van der Waals surface area contributed by atoms with Crippen molar-refractivity contribution in [2.24, 2.45) is 0 Å². The fourth-order valence-electron chi connectivity index (χ4n) is 1.69. The smallest absolute Gasteiger partial charge is 0.138 e. The molecule has 1 unspecified atom stereocenters. The molecule has 17 heavy (non-hydrogen) atoms. The molecule has 4 nitrogen and oxygen atoms in total. The molecule has 1 atom stereocenters. The minimum Gasteiger partial charge on any atom is -0.388 e. The predicted molar refractivity (Wildman–Crippen MR) is 60.8 cm³/mol. The van der Waals surface area contributed by atoms with Crippen LogP contribution in [-0.4, -0.2) is 19.9 Å². The van der Waals surface area contributed by atoms with Gasteiger partial charge < -0.3 is 5.11 Å². The van der Waals surface area contributed by atoms with Gasteiger partial charge in [-0.15, -0.1) is 0 Å². The average Bonchev–Trinajstić information content (AvgIpc) is 2.77. The first-order chi connectivity index (χ1) is 8.20. The van der Waals surface area contributed by atoms with Crippen LogP contribution in [-0.2, 0) is 13.0 Å². The molecule has 0 spiro atoms. The van der Waals surface area contributed by atoms with E-state index in [1.165, 1.54) is 18.5 Å². The molecular weight excluding hydrogens is 221 g/mol. The molecule has 1 aromatic heterocycles. The Balaban J connectivity index is 2.11. The first-order valence-electron chi connectivity index (χ1n) is 5.51. The molecule has 0 saturated heterocycles. The van der Waals surface area contributed by atoms with E-state index < -0.39 is 6.10 Å². The maximum absolute atomic E-state index is 12.7. The monoisotopic (exact) mass is 235 g/mol. The van der Waals surface area contributed by atoms with Crippen molar-refractivity contribution in [2.45, 2.75) is 26.0 Å². The third-order valence-corrected chi connectivity index (χ3v) is 2.63. The highest BCUT2D eigenvalue weighted by Gasteiger charge is 2.12. The van der Waals surface area contributed by atoms with Gasteiger partial charge in [0.05, 0.1) is 6.10 Å². The van der Waals surface area contributed by atoms with Crippen molar-refractivity contribution < 1.29 is 9.50 Å². The molecule has 0 radical (unpaired) electrons. The Morgan fingerprint density at radius 2 is 2.06 bits per heavy atom. The van der Waals surface area contributed by atoms with Gasteiger partial charge in [0, 0.05) is 13.0 Å². The number of aliphatic hydroxyl groups excluding tert-OH is 1. The number of aromatic nitrogens is 3. The number of rotatable bonds is 4. The van der Waals surface area contributed by atoms with Crippen molar-refractivity contribution in [1.82, 2.24) is 14.8 Å². The molecule has 2 aromatic rings. The number of hydrogen-bond acceptors (Lipinski definition) is 3. The third kappa shape index (κ3) is 2.68. The van der Waals surface area contributed by atoms with Crippen molar-refractivity contribution in [3.63, 3.8) is 0 Å². The molecule has 0 aliphatic rings. The molecular formula is C12H14FN3O. The average molecular weight is 235 g/mol. The largest absolute Gasteiger partial charge is 0.388 e. The first-order valence-corrected chi connectivity index (χ1v) is 5.51. The standard InChI is InChI=1S/C12H14FN3O/c1-2-16-12(14-8-15-16)7-11(17)9-3-5-10(13)6-4-9/h3-6,8,11,17H,2,7H2,1H3. The number of aryl methyl sites for hydroxylation is 1. The fraction of sp³-hybridized carbons (Fsp3) is 0.333. The predicted octanol–water partition coefficient (Wildman–Crippen LogP) is 1.71. The Kier molecular flexibility index (Phi) is 3.49. The van der Waals surface area contributed by atoms with E-state index in [0.717, 1.165) is 5.82 Å². The summed E-state index contributed by atoms with van der Waals surface area (Å²) < 4.78 is 14.5. The van der Waals surface area contributed by atoms with Gasteiger partial charge in [-0.3, -0.25) is 4.68 Å². The lowest BCUT2D eigenvalue weighted by atomic mass is 10.1. The van der Waals surface area contributed by atoms with Crippen molar-refractivity contribution in [3.8, 4) is 0 Å². The second-order valence-electron chi connectivity index (χ2n) is 3.76. The summed E-state index contributed by atoms with van der Waals surface area (Å²) in [5.41, 5.74) is 0.678. The van der Waals surface area contributed by atoms with E-state index in [1.807, 2.05) is 6.92 Å². The lowest BCUT2D eigenvalue weighted by molar-refractivity contribution is 0.174. The first kappa shape index (κ1) is 11.7. The van der Waals surface area contributed by atoms with Crippen LogP contribution in [0.15, 0.2) is 30.6 Å². The molecule has 1 aromatic carbocycles. The van der Waals surface area contributed by atoms with Crippen molar-refractivity contribution >= 4 is 0 Å². The quantitative estimate of drug-likeness (QED) is 0.877. The van der Waals surface area contributed by atoms with E-state index in [1.54, 1.807) is 16.8 Å². The summed E-state index contributed by atoms with van der Waals surface area (Å²) in [6.07, 6.45) is 1.15. The molecule has 0 bridgehead atoms. The zero-order valence-electron chi connectivity index (χ0n) is 9.55. The van der Waals surface area contributed by atoms with Gasteiger partial charge in [0.15, 0.2) is 0 Å². The number of aliphatic hydroxyl groups is 1. The summed E-state index contributed by atoms with van der Waals surface area (Å²) in [6, 6.07) is 5.82. The molecule has 1 N–H and O–H groups in total. The second kappa shape index (κ2) is 5.05. The maximum atomic E-state index is 12.7.